The lowest BCUT2D eigenvalue weighted by Gasteiger charge is -2.33. The molecule has 0 aliphatic carbocycles. The van der Waals surface area contributed by atoms with Crippen LogP contribution >= 0.6 is 0 Å². The van der Waals surface area contributed by atoms with E-state index < -0.39 is 47.0 Å². The summed E-state index contributed by atoms with van der Waals surface area (Å²) in [5, 5.41) is 12.2. The molecule has 0 spiro atoms. The van der Waals surface area contributed by atoms with Gasteiger partial charge in [-0.05, 0) is 52.7 Å². The number of nitrogens with one attached hydrogen (secondary N) is 1. The highest BCUT2D eigenvalue weighted by molar-refractivity contribution is 6.04. The van der Waals surface area contributed by atoms with Crippen molar-refractivity contribution >= 4 is 29.8 Å². The minimum absolute atomic E-state index is 0.0411. The van der Waals surface area contributed by atoms with E-state index in [4.69, 9.17) is 14.2 Å². The van der Waals surface area contributed by atoms with Gasteiger partial charge in [0.2, 0.25) is 0 Å². The topological polar surface area (TPSA) is 141 Å². The molecule has 1 rings (SSSR count). The Morgan fingerprint density at radius 2 is 1.73 bits per heavy atom. The average Bonchev–Trinajstić information content (AvgIpc) is 2.71. The van der Waals surface area contributed by atoms with Crippen LogP contribution in [0.25, 0.3) is 0 Å². The van der Waals surface area contributed by atoms with E-state index in [1.807, 2.05) is 0 Å². The number of rotatable bonds is 10. The number of amides is 1. The van der Waals surface area contributed by atoms with Crippen molar-refractivity contribution in [3.8, 4) is 0 Å². The number of carboxylic acids is 1. The van der Waals surface area contributed by atoms with Crippen molar-refractivity contribution in [2.75, 3.05) is 11.9 Å². The number of carboxylic acid groups (broad SMARTS) is 1. The van der Waals surface area contributed by atoms with E-state index in [-0.39, 0.29) is 18.8 Å². The number of ether oxygens (including phenoxy) is 3. The molecule has 184 valence electrons. The van der Waals surface area contributed by atoms with E-state index in [0.29, 0.717) is 12.0 Å². The fourth-order valence-electron chi connectivity index (χ4n) is 2.91. The molecule has 0 aliphatic rings. The highest BCUT2D eigenvalue weighted by Gasteiger charge is 2.56. The zero-order valence-corrected chi connectivity index (χ0v) is 20.3. The molecule has 2 N–H and O–H groups in total. The molecular weight excluding hydrogens is 432 g/mol. The third kappa shape index (κ3) is 7.73. The summed E-state index contributed by atoms with van der Waals surface area (Å²) in [5.74, 6) is -4.55. The number of aliphatic carboxylic acids is 1. The number of aromatic nitrogens is 1. The molecule has 3 unspecified atom stereocenters. The highest BCUT2D eigenvalue weighted by Crippen LogP contribution is 2.36. The van der Waals surface area contributed by atoms with Gasteiger partial charge in [-0.25, -0.2) is 9.78 Å². The zero-order chi connectivity index (χ0) is 25.4. The second-order valence-electron chi connectivity index (χ2n) is 8.73. The molecule has 1 heterocycles. The minimum Gasteiger partial charge on any atom is -0.481 e. The Morgan fingerprint density at radius 1 is 1.09 bits per heavy atom. The maximum absolute atomic E-state index is 13.2. The number of carbonyl (C=O) groups is 4. The van der Waals surface area contributed by atoms with E-state index in [0.717, 1.165) is 0 Å². The summed E-state index contributed by atoms with van der Waals surface area (Å²) in [4.78, 5) is 54.1. The van der Waals surface area contributed by atoms with Crippen LogP contribution in [0.15, 0.2) is 18.3 Å². The van der Waals surface area contributed by atoms with Crippen molar-refractivity contribution in [3.05, 3.63) is 23.9 Å². The standard InChI is InChI=1S/C23H34N2O8/c1-8-14(3)32-20(29)23(15(4)18(26)27,19(28)31-9-2)12-16-10-11-17(24-13-16)25-21(30)33-22(5,6)7/h10-11,13-15H,8-9,12H2,1-7H3,(H,26,27)(H,24,25,30). The molecule has 0 radical (unpaired) electrons. The third-order valence-electron chi connectivity index (χ3n) is 4.93. The van der Waals surface area contributed by atoms with E-state index in [1.165, 1.54) is 25.3 Å². The predicted octanol–water partition coefficient (Wildman–Crippen LogP) is 3.58. The Hall–Kier alpha value is -3.17. The largest absolute Gasteiger partial charge is 0.481 e. The van der Waals surface area contributed by atoms with Crippen LogP contribution in [0.1, 0.15) is 60.5 Å². The number of carbonyl (C=O) groups excluding carboxylic acids is 3. The molecule has 0 fully saturated rings. The SMILES string of the molecule is CCOC(=O)C(Cc1ccc(NC(=O)OC(C)(C)C)nc1)(C(=O)OC(C)CC)C(C)C(=O)O. The first-order valence-electron chi connectivity index (χ1n) is 10.8. The molecule has 0 saturated heterocycles. The Kier molecular flexibility index (Phi) is 9.81. The van der Waals surface area contributed by atoms with Crippen LogP contribution in [0.2, 0.25) is 0 Å². The quantitative estimate of drug-likeness (QED) is 0.300. The number of pyridine rings is 1. The third-order valence-corrected chi connectivity index (χ3v) is 4.93. The molecule has 0 saturated carbocycles. The summed E-state index contributed by atoms with van der Waals surface area (Å²) >= 11 is 0. The van der Waals surface area contributed by atoms with E-state index in [2.05, 4.69) is 10.3 Å². The lowest BCUT2D eigenvalue weighted by atomic mass is 9.71. The van der Waals surface area contributed by atoms with Gasteiger partial charge in [0, 0.05) is 12.6 Å². The second kappa shape index (κ2) is 11.6. The van der Waals surface area contributed by atoms with Crippen molar-refractivity contribution in [2.45, 2.75) is 73.0 Å². The normalized spacial score (nSPS) is 14.9. The van der Waals surface area contributed by atoms with Gasteiger partial charge >= 0.3 is 24.0 Å². The Bertz CT molecular complexity index is 847. The highest BCUT2D eigenvalue weighted by atomic mass is 16.6. The van der Waals surface area contributed by atoms with E-state index >= 15 is 0 Å². The first-order chi connectivity index (χ1) is 15.3. The number of esters is 2. The van der Waals surface area contributed by atoms with Crippen molar-refractivity contribution in [1.29, 1.82) is 0 Å². The molecular formula is C23H34N2O8. The molecule has 0 aliphatic heterocycles. The van der Waals surface area contributed by atoms with Gasteiger partial charge in [0.15, 0.2) is 5.41 Å². The maximum Gasteiger partial charge on any atom is 0.413 e. The minimum atomic E-state index is -2.12. The van der Waals surface area contributed by atoms with Crippen LogP contribution in [0.3, 0.4) is 0 Å². The molecule has 1 aromatic rings. The van der Waals surface area contributed by atoms with Crippen molar-refractivity contribution in [2.24, 2.45) is 11.3 Å². The zero-order valence-electron chi connectivity index (χ0n) is 20.3. The van der Waals surface area contributed by atoms with Crippen LogP contribution in [-0.2, 0) is 35.0 Å². The van der Waals surface area contributed by atoms with Gasteiger partial charge in [0.25, 0.3) is 0 Å². The number of nitrogens with zero attached hydrogens (tertiary/aromatic N) is 1. The summed E-state index contributed by atoms with van der Waals surface area (Å²) in [6.45, 7) is 11.4. The average molecular weight is 467 g/mol. The summed E-state index contributed by atoms with van der Waals surface area (Å²) < 4.78 is 15.7. The van der Waals surface area contributed by atoms with Gasteiger partial charge < -0.3 is 19.3 Å². The molecule has 0 bridgehead atoms. The van der Waals surface area contributed by atoms with Crippen LogP contribution in [0.4, 0.5) is 10.6 Å². The fourth-order valence-corrected chi connectivity index (χ4v) is 2.91. The molecule has 3 atom stereocenters. The molecule has 1 aromatic heterocycles. The molecule has 33 heavy (non-hydrogen) atoms. The summed E-state index contributed by atoms with van der Waals surface area (Å²) in [6, 6.07) is 2.99. The van der Waals surface area contributed by atoms with Crippen molar-refractivity contribution < 1.29 is 38.5 Å². The fraction of sp³-hybridized carbons (Fsp3) is 0.609. The molecule has 10 nitrogen and oxygen atoms in total. The first kappa shape index (κ1) is 27.9. The second-order valence-corrected chi connectivity index (χ2v) is 8.73. The number of anilines is 1. The number of hydrogen-bond acceptors (Lipinski definition) is 8. The van der Waals surface area contributed by atoms with Gasteiger partial charge in [-0.1, -0.05) is 19.9 Å². The van der Waals surface area contributed by atoms with Gasteiger partial charge in [-0.3, -0.25) is 19.7 Å². The number of hydrogen-bond donors (Lipinski definition) is 2. The van der Waals surface area contributed by atoms with Crippen LogP contribution in [-0.4, -0.2) is 52.4 Å². The van der Waals surface area contributed by atoms with Crippen molar-refractivity contribution in [3.63, 3.8) is 0 Å². The molecule has 10 heteroatoms. The van der Waals surface area contributed by atoms with Gasteiger partial charge in [0.05, 0.1) is 18.6 Å². The van der Waals surface area contributed by atoms with Crippen LogP contribution in [0, 0.1) is 11.3 Å². The van der Waals surface area contributed by atoms with Gasteiger partial charge in [0.1, 0.15) is 11.4 Å². The van der Waals surface area contributed by atoms with Crippen LogP contribution in [0.5, 0.6) is 0 Å². The van der Waals surface area contributed by atoms with Crippen LogP contribution < -0.4 is 5.32 Å². The predicted molar refractivity (Wildman–Crippen MR) is 120 cm³/mol. The molecule has 0 aromatic carbocycles. The Labute approximate surface area is 194 Å². The summed E-state index contributed by atoms with van der Waals surface area (Å²) in [7, 11) is 0. The monoisotopic (exact) mass is 466 g/mol. The smallest absolute Gasteiger partial charge is 0.413 e. The van der Waals surface area contributed by atoms with Gasteiger partial charge in [-0.15, -0.1) is 0 Å². The Balaban J connectivity index is 3.31. The van der Waals surface area contributed by atoms with E-state index in [9.17, 15) is 24.3 Å². The Morgan fingerprint density at radius 3 is 2.18 bits per heavy atom. The van der Waals surface area contributed by atoms with Crippen molar-refractivity contribution in [1.82, 2.24) is 4.98 Å². The lowest BCUT2D eigenvalue weighted by molar-refractivity contribution is -0.184. The first-order valence-corrected chi connectivity index (χ1v) is 10.8. The molecule has 1 amide bonds. The summed E-state index contributed by atoms with van der Waals surface area (Å²) in [5.41, 5.74) is -2.42. The van der Waals surface area contributed by atoms with Gasteiger partial charge in [-0.2, -0.15) is 0 Å². The lowest BCUT2D eigenvalue weighted by Crippen LogP contribution is -2.51. The maximum atomic E-state index is 13.2. The summed E-state index contributed by atoms with van der Waals surface area (Å²) in [6.07, 6.45) is 0.296. The van der Waals surface area contributed by atoms with E-state index in [1.54, 1.807) is 41.5 Å².